The summed E-state index contributed by atoms with van der Waals surface area (Å²) in [6.07, 6.45) is 1.77. The Morgan fingerprint density at radius 3 is 2.62 bits per heavy atom. The molecule has 1 aromatic carbocycles. The molecule has 0 unspecified atom stereocenters. The van der Waals surface area contributed by atoms with E-state index in [1.807, 2.05) is 23.1 Å². The highest BCUT2D eigenvalue weighted by Gasteiger charge is 2.20. The number of nitro groups is 1. The average molecular weight is 376 g/mol. The molecule has 0 atom stereocenters. The zero-order chi connectivity index (χ0) is 18.5. The number of nitrogens with one attached hydrogen (secondary N) is 1. The van der Waals surface area contributed by atoms with Crippen LogP contribution in [0.5, 0.6) is 0 Å². The summed E-state index contributed by atoms with van der Waals surface area (Å²) in [5, 5.41) is 13.6. The molecule has 26 heavy (non-hydrogen) atoms. The van der Waals surface area contributed by atoms with Crippen LogP contribution in [0.2, 0.25) is 5.02 Å². The molecule has 1 aliphatic rings. The molecule has 1 fully saturated rings. The number of rotatable bonds is 5. The summed E-state index contributed by atoms with van der Waals surface area (Å²) in [5.41, 5.74) is 0.257. The highest BCUT2D eigenvalue weighted by atomic mass is 35.5. The molecule has 0 spiro atoms. The van der Waals surface area contributed by atoms with Crippen molar-refractivity contribution >= 4 is 34.7 Å². The lowest BCUT2D eigenvalue weighted by molar-refractivity contribution is -0.384. The van der Waals surface area contributed by atoms with Gasteiger partial charge in [-0.15, -0.1) is 0 Å². The number of carbonyl (C=O) groups excluding carboxylic acids is 1. The van der Waals surface area contributed by atoms with E-state index in [1.54, 1.807) is 6.20 Å². The molecular weight excluding hydrogens is 358 g/mol. The van der Waals surface area contributed by atoms with Gasteiger partial charge in [0.2, 0.25) is 5.91 Å². The van der Waals surface area contributed by atoms with E-state index >= 15 is 0 Å². The third-order valence-electron chi connectivity index (χ3n) is 4.15. The van der Waals surface area contributed by atoms with Crippen molar-refractivity contribution in [2.24, 2.45) is 0 Å². The van der Waals surface area contributed by atoms with Crippen molar-refractivity contribution < 1.29 is 9.72 Å². The van der Waals surface area contributed by atoms with Gasteiger partial charge in [-0.1, -0.05) is 17.7 Å². The maximum Gasteiger partial charge on any atom is 0.271 e. The molecule has 136 valence electrons. The van der Waals surface area contributed by atoms with Crippen LogP contribution in [0.3, 0.4) is 0 Å². The van der Waals surface area contributed by atoms with E-state index in [4.69, 9.17) is 11.6 Å². The highest BCUT2D eigenvalue weighted by molar-refractivity contribution is 6.34. The summed E-state index contributed by atoms with van der Waals surface area (Å²) in [7, 11) is 0. The molecule has 3 rings (SSSR count). The quantitative estimate of drug-likeness (QED) is 0.637. The minimum absolute atomic E-state index is 0.112. The predicted molar refractivity (Wildman–Crippen MR) is 99.6 cm³/mol. The summed E-state index contributed by atoms with van der Waals surface area (Å²) in [5.74, 6) is 0.737. The number of piperazine rings is 1. The van der Waals surface area contributed by atoms with Crippen LogP contribution in [-0.4, -0.2) is 53.4 Å². The van der Waals surface area contributed by atoms with Crippen LogP contribution < -0.4 is 10.2 Å². The summed E-state index contributed by atoms with van der Waals surface area (Å²) in [4.78, 5) is 31.0. The number of carbonyl (C=O) groups is 1. The lowest BCUT2D eigenvalue weighted by Gasteiger charge is -2.34. The number of hydrogen-bond acceptors (Lipinski definition) is 6. The van der Waals surface area contributed by atoms with Crippen molar-refractivity contribution in [2.45, 2.75) is 0 Å². The maximum atomic E-state index is 12.2. The standard InChI is InChI=1S/C17H18ClN5O3/c18-14-11-13(23(25)26)4-5-15(14)20-17(24)12-21-7-9-22(10-8-21)16-3-1-2-6-19-16/h1-6,11H,7-10,12H2,(H,20,24). The van der Waals surface area contributed by atoms with Crippen LogP contribution in [-0.2, 0) is 4.79 Å². The molecule has 2 heterocycles. The second-order valence-corrected chi connectivity index (χ2v) is 6.33. The van der Waals surface area contributed by atoms with E-state index < -0.39 is 4.92 Å². The fourth-order valence-electron chi connectivity index (χ4n) is 2.79. The molecule has 0 saturated carbocycles. The number of non-ortho nitro benzene ring substituents is 1. The number of pyridine rings is 1. The molecule has 1 aliphatic heterocycles. The minimum atomic E-state index is -0.529. The Balaban J connectivity index is 1.51. The van der Waals surface area contributed by atoms with Gasteiger partial charge in [-0.05, 0) is 18.2 Å². The van der Waals surface area contributed by atoms with E-state index in [9.17, 15) is 14.9 Å². The summed E-state index contributed by atoms with van der Waals surface area (Å²) >= 11 is 6.00. The van der Waals surface area contributed by atoms with Gasteiger partial charge in [-0.3, -0.25) is 19.8 Å². The molecule has 9 heteroatoms. The number of amides is 1. The van der Waals surface area contributed by atoms with Crippen molar-refractivity contribution in [2.75, 3.05) is 42.9 Å². The van der Waals surface area contributed by atoms with Crippen LogP contribution in [0.25, 0.3) is 0 Å². The van der Waals surface area contributed by atoms with Crippen LogP contribution in [0.4, 0.5) is 17.2 Å². The van der Waals surface area contributed by atoms with E-state index in [0.717, 1.165) is 32.0 Å². The van der Waals surface area contributed by atoms with Gasteiger partial charge < -0.3 is 10.2 Å². The third kappa shape index (κ3) is 4.47. The first-order chi connectivity index (χ1) is 12.5. The topological polar surface area (TPSA) is 91.6 Å². The van der Waals surface area contributed by atoms with E-state index in [1.165, 1.54) is 18.2 Å². The molecule has 1 aromatic heterocycles. The maximum absolute atomic E-state index is 12.2. The first kappa shape index (κ1) is 18.1. The van der Waals surface area contributed by atoms with E-state index in [-0.39, 0.29) is 23.2 Å². The van der Waals surface area contributed by atoms with Crippen LogP contribution in [0.1, 0.15) is 0 Å². The molecule has 1 N–H and O–H groups in total. The molecule has 0 aliphatic carbocycles. The second kappa shape index (κ2) is 8.11. The van der Waals surface area contributed by atoms with Gasteiger partial charge in [0, 0.05) is 44.5 Å². The number of aromatic nitrogens is 1. The molecule has 0 bridgehead atoms. The zero-order valence-electron chi connectivity index (χ0n) is 14.0. The molecule has 8 nitrogen and oxygen atoms in total. The summed E-state index contributed by atoms with van der Waals surface area (Å²) < 4.78 is 0. The highest BCUT2D eigenvalue weighted by Crippen LogP contribution is 2.26. The Morgan fingerprint density at radius 1 is 1.23 bits per heavy atom. The van der Waals surface area contributed by atoms with Gasteiger partial charge in [0.1, 0.15) is 5.82 Å². The van der Waals surface area contributed by atoms with Crippen molar-refractivity contribution in [1.29, 1.82) is 0 Å². The normalized spacial score (nSPS) is 14.9. The summed E-state index contributed by atoms with van der Waals surface area (Å²) in [6.45, 7) is 3.32. The van der Waals surface area contributed by atoms with E-state index in [2.05, 4.69) is 15.2 Å². The molecular formula is C17H18ClN5O3. The van der Waals surface area contributed by atoms with Crippen molar-refractivity contribution in [3.05, 3.63) is 57.7 Å². The number of anilines is 2. The SMILES string of the molecule is O=C(CN1CCN(c2ccccn2)CC1)Nc1ccc([N+](=O)[O-])cc1Cl. The van der Waals surface area contributed by atoms with Gasteiger partial charge in [-0.25, -0.2) is 4.98 Å². The van der Waals surface area contributed by atoms with Crippen LogP contribution in [0, 0.1) is 10.1 Å². The lowest BCUT2D eigenvalue weighted by atomic mass is 10.2. The second-order valence-electron chi connectivity index (χ2n) is 5.92. The van der Waals surface area contributed by atoms with Gasteiger partial charge in [-0.2, -0.15) is 0 Å². The number of hydrogen-bond donors (Lipinski definition) is 1. The number of nitro benzene ring substituents is 1. The third-order valence-corrected chi connectivity index (χ3v) is 4.46. The molecule has 0 radical (unpaired) electrons. The van der Waals surface area contributed by atoms with Crippen molar-refractivity contribution in [1.82, 2.24) is 9.88 Å². The molecule has 1 amide bonds. The fraction of sp³-hybridized carbons (Fsp3) is 0.294. The van der Waals surface area contributed by atoms with Crippen molar-refractivity contribution in [3.8, 4) is 0 Å². The smallest absolute Gasteiger partial charge is 0.271 e. The minimum Gasteiger partial charge on any atom is -0.354 e. The van der Waals surface area contributed by atoms with E-state index in [0.29, 0.717) is 5.69 Å². The van der Waals surface area contributed by atoms with Crippen LogP contribution >= 0.6 is 11.6 Å². The van der Waals surface area contributed by atoms with Gasteiger partial charge in [0.05, 0.1) is 22.2 Å². The first-order valence-electron chi connectivity index (χ1n) is 8.15. The first-order valence-corrected chi connectivity index (χ1v) is 8.53. The Hall–Kier alpha value is -2.71. The fourth-order valence-corrected chi connectivity index (χ4v) is 3.01. The van der Waals surface area contributed by atoms with Crippen LogP contribution in [0.15, 0.2) is 42.6 Å². The van der Waals surface area contributed by atoms with Crippen molar-refractivity contribution in [3.63, 3.8) is 0 Å². The monoisotopic (exact) mass is 375 g/mol. The van der Waals surface area contributed by atoms with Gasteiger partial charge in [0.15, 0.2) is 0 Å². The Kier molecular flexibility index (Phi) is 5.65. The average Bonchev–Trinajstić information content (AvgIpc) is 2.64. The summed E-state index contributed by atoms with van der Waals surface area (Å²) in [6, 6.07) is 9.79. The lowest BCUT2D eigenvalue weighted by Crippen LogP contribution is -2.48. The molecule has 1 saturated heterocycles. The largest absolute Gasteiger partial charge is 0.354 e. The number of benzene rings is 1. The number of nitrogens with zero attached hydrogens (tertiary/aromatic N) is 4. The van der Waals surface area contributed by atoms with Gasteiger partial charge in [0.25, 0.3) is 5.69 Å². The predicted octanol–water partition coefficient (Wildman–Crippen LogP) is 2.40. The number of halogens is 1. The van der Waals surface area contributed by atoms with Gasteiger partial charge >= 0.3 is 0 Å². The zero-order valence-corrected chi connectivity index (χ0v) is 14.7. The Morgan fingerprint density at radius 2 is 2.00 bits per heavy atom. The Labute approximate surface area is 155 Å². The molecule has 2 aromatic rings. The Bertz CT molecular complexity index is 794.